The minimum absolute atomic E-state index is 0.116. The highest BCUT2D eigenvalue weighted by molar-refractivity contribution is 6.30. The van der Waals surface area contributed by atoms with E-state index in [4.69, 9.17) is 11.6 Å². The van der Waals surface area contributed by atoms with Gasteiger partial charge in [-0.05, 0) is 31.2 Å². The standard InChI is InChI=1S/C10H8ClFO/c1-7(13)2-3-8-4-5-9(11)6-10(8)12/h2-6H,1H3. The first kappa shape index (κ1) is 9.93. The molecule has 0 aliphatic carbocycles. The van der Waals surface area contributed by atoms with Crippen molar-refractivity contribution in [2.45, 2.75) is 6.92 Å². The molecule has 68 valence electrons. The molecular formula is C10H8ClFO. The predicted molar refractivity (Wildman–Crippen MR) is 51.1 cm³/mol. The minimum atomic E-state index is -0.426. The summed E-state index contributed by atoms with van der Waals surface area (Å²) in [4.78, 5) is 10.6. The summed E-state index contributed by atoms with van der Waals surface area (Å²) in [5.74, 6) is -0.542. The van der Waals surface area contributed by atoms with Gasteiger partial charge in [-0.15, -0.1) is 0 Å². The third kappa shape index (κ3) is 2.99. The number of carbonyl (C=O) groups is 1. The highest BCUT2D eigenvalue weighted by Gasteiger charge is 1.98. The molecule has 0 spiro atoms. The monoisotopic (exact) mass is 198 g/mol. The number of benzene rings is 1. The zero-order valence-electron chi connectivity index (χ0n) is 7.05. The molecule has 0 aliphatic rings. The average Bonchev–Trinajstić information content (AvgIpc) is 2.02. The summed E-state index contributed by atoms with van der Waals surface area (Å²) in [5, 5.41) is 0.345. The molecule has 3 heteroatoms. The van der Waals surface area contributed by atoms with E-state index in [1.54, 1.807) is 6.07 Å². The molecule has 0 radical (unpaired) electrons. The van der Waals surface area contributed by atoms with Crippen molar-refractivity contribution in [2.24, 2.45) is 0 Å². The highest BCUT2D eigenvalue weighted by atomic mass is 35.5. The lowest BCUT2D eigenvalue weighted by Crippen LogP contribution is -1.84. The van der Waals surface area contributed by atoms with E-state index in [1.807, 2.05) is 0 Å². The van der Waals surface area contributed by atoms with E-state index in [0.29, 0.717) is 10.6 Å². The fourth-order valence-corrected chi connectivity index (χ4v) is 1.00. The van der Waals surface area contributed by atoms with E-state index in [0.717, 1.165) is 0 Å². The fraction of sp³-hybridized carbons (Fsp3) is 0.100. The second-order valence-corrected chi connectivity index (χ2v) is 3.05. The van der Waals surface area contributed by atoms with E-state index in [2.05, 4.69) is 0 Å². The predicted octanol–water partition coefficient (Wildman–Crippen LogP) is 3.08. The number of hydrogen-bond acceptors (Lipinski definition) is 1. The van der Waals surface area contributed by atoms with Gasteiger partial charge in [0.25, 0.3) is 0 Å². The van der Waals surface area contributed by atoms with Crippen LogP contribution in [0.3, 0.4) is 0 Å². The summed E-state index contributed by atoms with van der Waals surface area (Å²) in [6.45, 7) is 1.41. The van der Waals surface area contributed by atoms with Crippen molar-refractivity contribution in [3.8, 4) is 0 Å². The van der Waals surface area contributed by atoms with Gasteiger partial charge in [0.05, 0.1) is 0 Å². The highest BCUT2D eigenvalue weighted by Crippen LogP contribution is 2.15. The summed E-state index contributed by atoms with van der Waals surface area (Å²) < 4.78 is 13.1. The Morgan fingerprint density at radius 3 is 2.77 bits per heavy atom. The van der Waals surface area contributed by atoms with E-state index in [-0.39, 0.29) is 5.78 Å². The lowest BCUT2D eigenvalue weighted by atomic mass is 10.2. The first-order valence-corrected chi connectivity index (χ1v) is 4.11. The maximum absolute atomic E-state index is 13.1. The maximum atomic E-state index is 13.1. The average molecular weight is 199 g/mol. The van der Waals surface area contributed by atoms with Crippen LogP contribution in [0, 0.1) is 5.82 Å². The fourth-order valence-electron chi connectivity index (χ4n) is 0.844. The molecule has 0 N–H and O–H groups in total. The van der Waals surface area contributed by atoms with Crippen LogP contribution in [-0.2, 0) is 4.79 Å². The topological polar surface area (TPSA) is 17.1 Å². The Hall–Kier alpha value is -1.15. The summed E-state index contributed by atoms with van der Waals surface area (Å²) in [5.41, 5.74) is 0.361. The second kappa shape index (κ2) is 4.19. The number of ketones is 1. The van der Waals surface area contributed by atoms with Crippen molar-refractivity contribution in [1.82, 2.24) is 0 Å². The van der Waals surface area contributed by atoms with Gasteiger partial charge in [0.2, 0.25) is 0 Å². The van der Waals surface area contributed by atoms with Gasteiger partial charge in [-0.1, -0.05) is 17.7 Å². The molecule has 0 amide bonds. The Balaban J connectivity index is 2.96. The summed E-state index contributed by atoms with van der Waals surface area (Å²) in [7, 11) is 0. The molecule has 0 fully saturated rings. The number of halogens is 2. The van der Waals surface area contributed by atoms with Crippen LogP contribution in [0.1, 0.15) is 12.5 Å². The maximum Gasteiger partial charge on any atom is 0.152 e. The largest absolute Gasteiger partial charge is 0.295 e. The van der Waals surface area contributed by atoms with Crippen LogP contribution in [0.15, 0.2) is 24.3 Å². The zero-order valence-corrected chi connectivity index (χ0v) is 7.81. The Bertz CT molecular complexity index is 358. The van der Waals surface area contributed by atoms with Crippen LogP contribution in [0.5, 0.6) is 0 Å². The van der Waals surface area contributed by atoms with Gasteiger partial charge < -0.3 is 0 Å². The van der Waals surface area contributed by atoms with Gasteiger partial charge in [-0.3, -0.25) is 4.79 Å². The molecule has 0 saturated carbocycles. The van der Waals surface area contributed by atoms with Crippen LogP contribution < -0.4 is 0 Å². The van der Waals surface area contributed by atoms with Crippen molar-refractivity contribution < 1.29 is 9.18 Å². The smallest absolute Gasteiger partial charge is 0.152 e. The first-order valence-electron chi connectivity index (χ1n) is 3.73. The van der Waals surface area contributed by atoms with Crippen LogP contribution in [-0.4, -0.2) is 5.78 Å². The summed E-state index contributed by atoms with van der Waals surface area (Å²) >= 11 is 5.55. The van der Waals surface area contributed by atoms with Gasteiger partial charge in [-0.2, -0.15) is 0 Å². The molecule has 0 bridgehead atoms. The van der Waals surface area contributed by atoms with Gasteiger partial charge in [0.1, 0.15) is 5.82 Å². The van der Waals surface area contributed by atoms with Crippen LogP contribution in [0.2, 0.25) is 5.02 Å². The number of hydrogen-bond donors (Lipinski definition) is 0. The third-order valence-corrected chi connectivity index (χ3v) is 1.70. The molecule has 1 aromatic rings. The molecule has 0 unspecified atom stereocenters. The van der Waals surface area contributed by atoms with Gasteiger partial charge >= 0.3 is 0 Å². The zero-order chi connectivity index (χ0) is 9.84. The van der Waals surface area contributed by atoms with Gasteiger partial charge in [0, 0.05) is 10.6 Å². The van der Waals surface area contributed by atoms with Crippen molar-refractivity contribution in [1.29, 1.82) is 0 Å². The molecule has 0 saturated heterocycles. The Labute approximate surface area is 80.8 Å². The molecule has 0 atom stereocenters. The molecule has 0 aromatic heterocycles. The molecule has 0 heterocycles. The minimum Gasteiger partial charge on any atom is -0.295 e. The molecule has 1 nitrogen and oxygen atoms in total. The lowest BCUT2D eigenvalue weighted by Gasteiger charge is -1.96. The quantitative estimate of drug-likeness (QED) is 0.668. The molecular weight excluding hydrogens is 191 g/mol. The van der Waals surface area contributed by atoms with E-state index < -0.39 is 5.82 Å². The van der Waals surface area contributed by atoms with E-state index >= 15 is 0 Å². The molecule has 13 heavy (non-hydrogen) atoms. The Morgan fingerprint density at radius 2 is 2.23 bits per heavy atom. The number of allylic oxidation sites excluding steroid dienone is 1. The Kier molecular flexibility index (Phi) is 3.20. The molecule has 1 aromatic carbocycles. The second-order valence-electron chi connectivity index (χ2n) is 2.61. The van der Waals surface area contributed by atoms with Crippen LogP contribution in [0.25, 0.3) is 6.08 Å². The molecule has 0 aliphatic heterocycles. The van der Waals surface area contributed by atoms with E-state index in [1.165, 1.54) is 31.2 Å². The van der Waals surface area contributed by atoms with Crippen molar-refractivity contribution in [3.05, 3.63) is 40.7 Å². The number of carbonyl (C=O) groups excluding carboxylic acids is 1. The van der Waals surface area contributed by atoms with Gasteiger partial charge in [-0.25, -0.2) is 4.39 Å². The molecule has 1 rings (SSSR count). The van der Waals surface area contributed by atoms with Gasteiger partial charge in [0.15, 0.2) is 5.78 Å². The van der Waals surface area contributed by atoms with E-state index in [9.17, 15) is 9.18 Å². The van der Waals surface area contributed by atoms with Crippen LogP contribution in [0.4, 0.5) is 4.39 Å². The normalized spacial score (nSPS) is 10.7. The third-order valence-electron chi connectivity index (χ3n) is 1.46. The Morgan fingerprint density at radius 1 is 1.54 bits per heavy atom. The SMILES string of the molecule is CC(=O)C=Cc1ccc(Cl)cc1F. The van der Waals surface area contributed by atoms with Crippen molar-refractivity contribution in [2.75, 3.05) is 0 Å². The van der Waals surface area contributed by atoms with Crippen molar-refractivity contribution >= 4 is 23.5 Å². The number of rotatable bonds is 2. The first-order chi connectivity index (χ1) is 6.09. The summed E-state index contributed by atoms with van der Waals surface area (Å²) in [6, 6.07) is 4.31. The van der Waals surface area contributed by atoms with Crippen molar-refractivity contribution in [3.63, 3.8) is 0 Å². The summed E-state index contributed by atoms with van der Waals surface area (Å²) in [6.07, 6.45) is 2.74. The van der Waals surface area contributed by atoms with Crippen LogP contribution >= 0.6 is 11.6 Å². The lowest BCUT2D eigenvalue weighted by molar-refractivity contribution is -0.112.